The van der Waals surface area contributed by atoms with E-state index in [9.17, 15) is 14.7 Å². The summed E-state index contributed by atoms with van der Waals surface area (Å²) in [5.41, 5.74) is 4.05. The minimum atomic E-state index is -1.05. The minimum Gasteiger partial charge on any atom is -0.465 e. The molecular formula is C28H26ClN9O3. The lowest BCUT2D eigenvalue weighted by molar-refractivity contribution is 0.195. The summed E-state index contributed by atoms with van der Waals surface area (Å²) in [6, 6.07) is 12.2. The molecule has 0 saturated heterocycles. The molecule has 0 bridgehead atoms. The molecule has 1 aliphatic heterocycles. The number of hydrogen-bond acceptors (Lipinski definition) is 7. The van der Waals surface area contributed by atoms with Crippen molar-refractivity contribution in [3.8, 4) is 28.2 Å². The van der Waals surface area contributed by atoms with E-state index in [1.165, 1.54) is 22.1 Å². The van der Waals surface area contributed by atoms with Crippen LogP contribution in [0.25, 0.3) is 28.2 Å². The number of carboxylic acid groups (broad SMARTS) is 1. The first-order valence-corrected chi connectivity index (χ1v) is 13.3. The first-order valence-electron chi connectivity index (χ1n) is 12.9. The van der Waals surface area contributed by atoms with Crippen molar-refractivity contribution < 1.29 is 9.90 Å². The van der Waals surface area contributed by atoms with E-state index in [4.69, 9.17) is 11.6 Å². The van der Waals surface area contributed by atoms with Crippen molar-refractivity contribution in [2.45, 2.75) is 45.2 Å². The summed E-state index contributed by atoms with van der Waals surface area (Å²) in [6.45, 7) is 5.47. The molecule has 0 radical (unpaired) electrons. The van der Waals surface area contributed by atoms with E-state index in [2.05, 4.69) is 30.5 Å². The number of tetrazole rings is 1. The second-order valence-electron chi connectivity index (χ2n) is 10.8. The second kappa shape index (κ2) is 9.97. The van der Waals surface area contributed by atoms with Crippen molar-refractivity contribution in [2.24, 2.45) is 0 Å². The third-order valence-corrected chi connectivity index (χ3v) is 7.29. The molecule has 12 nitrogen and oxygen atoms in total. The van der Waals surface area contributed by atoms with Gasteiger partial charge in [0.2, 0.25) is 0 Å². The van der Waals surface area contributed by atoms with Gasteiger partial charge in [0.25, 0.3) is 5.56 Å². The highest BCUT2D eigenvalue weighted by molar-refractivity contribution is 6.31. The smallest absolute Gasteiger partial charge is 0.412 e. The molecule has 0 aliphatic carbocycles. The van der Waals surface area contributed by atoms with Gasteiger partial charge in [0.15, 0.2) is 0 Å². The number of imidazole rings is 1. The summed E-state index contributed by atoms with van der Waals surface area (Å²) in [5.74, 6) is 0.651. The molecule has 0 spiro atoms. The fourth-order valence-corrected chi connectivity index (χ4v) is 5.49. The van der Waals surface area contributed by atoms with Gasteiger partial charge in [-0.2, -0.15) is 4.68 Å². The van der Waals surface area contributed by atoms with Gasteiger partial charge in [0, 0.05) is 27.9 Å². The summed E-state index contributed by atoms with van der Waals surface area (Å²) in [7, 11) is 0. The number of fused-ring (bicyclic) bond motifs is 1. The van der Waals surface area contributed by atoms with Crippen molar-refractivity contribution in [1.29, 1.82) is 0 Å². The quantitative estimate of drug-likeness (QED) is 0.307. The zero-order valence-corrected chi connectivity index (χ0v) is 23.2. The van der Waals surface area contributed by atoms with E-state index in [-0.39, 0.29) is 11.6 Å². The van der Waals surface area contributed by atoms with Crippen molar-refractivity contribution >= 4 is 23.4 Å². The number of benzene rings is 1. The number of anilines is 1. The maximum absolute atomic E-state index is 13.5. The van der Waals surface area contributed by atoms with Crippen molar-refractivity contribution in [3.05, 3.63) is 88.1 Å². The van der Waals surface area contributed by atoms with Crippen LogP contribution in [0.4, 0.5) is 10.5 Å². The standard InChI is InChI=1S/C28H26ClN9O3/c1-28(2,3)38(27(40)41)19-5-7-21(30-13-19)22-14-31-26(33-22)24-9-6-18-10-16(11-25(39)37(18)24)20-12-17(29)4-8-23(20)36-15-32-34-35-36/h4-5,7-8,10-15,24H,6,9H2,1-3H3,(H,31,33)(H,40,41). The van der Waals surface area contributed by atoms with Crippen LogP contribution in [-0.4, -0.2) is 56.5 Å². The molecule has 5 aromatic rings. The number of aryl methyl sites for hydroxylation is 1. The third-order valence-electron chi connectivity index (χ3n) is 7.05. The minimum absolute atomic E-state index is 0.154. The summed E-state index contributed by atoms with van der Waals surface area (Å²) in [4.78, 5) is 38.9. The average Bonchev–Trinajstić information content (AvgIpc) is 3.69. The fraction of sp³-hybridized carbons (Fsp3) is 0.250. The highest BCUT2D eigenvalue weighted by Gasteiger charge is 2.30. The Morgan fingerprint density at radius 1 is 1.12 bits per heavy atom. The number of pyridine rings is 2. The fourth-order valence-electron chi connectivity index (χ4n) is 5.32. The molecule has 0 saturated carbocycles. The molecule has 0 fully saturated rings. The lowest BCUT2D eigenvalue weighted by atomic mass is 10.0. The number of nitrogens with zero attached hydrogens (tertiary/aromatic N) is 8. The zero-order valence-electron chi connectivity index (χ0n) is 22.5. The SMILES string of the molecule is CC(C)(C)N(C(=O)O)c1ccc(-c2cnc(C3CCc4cc(-c5cc(Cl)ccc5-n5cnnn5)cc(=O)n43)[nH]2)nc1. The monoisotopic (exact) mass is 571 g/mol. The maximum Gasteiger partial charge on any atom is 0.412 e. The van der Waals surface area contributed by atoms with E-state index in [0.717, 1.165) is 16.8 Å². The Balaban J connectivity index is 1.30. The first-order chi connectivity index (χ1) is 19.6. The Morgan fingerprint density at radius 2 is 1.95 bits per heavy atom. The van der Waals surface area contributed by atoms with Crippen LogP contribution in [0.15, 0.2) is 66.0 Å². The third kappa shape index (κ3) is 4.86. The van der Waals surface area contributed by atoms with Crippen LogP contribution in [0.3, 0.4) is 0 Å². The number of H-pyrrole nitrogens is 1. The summed E-state index contributed by atoms with van der Waals surface area (Å²) < 4.78 is 3.30. The molecule has 6 rings (SSSR count). The normalized spacial score (nSPS) is 14.7. The molecule has 208 valence electrons. The van der Waals surface area contributed by atoms with Gasteiger partial charge in [-0.25, -0.2) is 9.78 Å². The molecule has 1 aromatic carbocycles. The molecule has 41 heavy (non-hydrogen) atoms. The van der Waals surface area contributed by atoms with Crippen LogP contribution >= 0.6 is 11.6 Å². The van der Waals surface area contributed by atoms with Crippen LogP contribution in [0.1, 0.15) is 44.8 Å². The van der Waals surface area contributed by atoms with Gasteiger partial charge in [-0.3, -0.25) is 14.7 Å². The zero-order chi connectivity index (χ0) is 28.9. The van der Waals surface area contributed by atoms with Crippen LogP contribution < -0.4 is 10.5 Å². The summed E-state index contributed by atoms with van der Waals surface area (Å²) in [5, 5.41) is 21.6. The molecule has 1 atom stereocenters. The number of nitrogens with one attached hydrogen (secondary N) is 1. The predicted octanol–water partition coefficient (Wildman–Crippen LogP) is 4.75. The van der Waals surface area contributed by atoms with Crippen LogP contribution in [-0.2, 0) is 6.42 Å². The molecule has 4 aromatic heterocycles. The van der Waals surface area contributed by atoms with Crippen LogP contribution in [0.2, 0.25) is 5.02 Å². The maximum atomic E-state index is 13.5. The van der Waals surface area contributed by atoms with Gasteiger partial charge in [0.1, 0.15) is 12.2 Å². The van der Waals surface area contributed by atoms with Gasteiger partial charge in [0.05, 0.1) is 41.2 Å². The summed E-state index contributed by atoms with van der Waals surface area (Å²) >= 11 is 6.31. The molecule has 13 heteroatoms. The van der Waals surface area contributed by atoms with Crippen molar-refractivity contribution in [2.75, 3.05) is 4.90 Å². The number of halogens is 1. The van der Waals surface area contributed by atoms with E-state index in [1.807, 2.05) is 32.9 Å². The van der Waals surface area contributed by atoms with Crippen molar-refractivity contribution in [3.63, 3.8) is 0 Å². The predicted molar refractivity (Wildman–Crippen MR) is 152 cm³/mol. The Labute approximate surface area is 239 Å². The lowest BCUT2D eigenvalue weighted by Crippen LogP contribution is -2.45. The number of aromatic nitrogens is 8. The van der Waals surface area contributed by atoms with Gasteiger partial charge in [-0.1, -0.05) is 11.6 Å². The molecule has 5 heterocycles. The highest BCUT2D eigenvalue weighted by Crippen LogP contribution is 2.34. The van der Waals surface area contributed by atoms with Crippen LogP contribution in [0, 0.1) is 0 Å². The average molecular weight is 572 g/mol. The number of amides is 1. The Hall–Kier alpha value is -4.84. The van der Waals surface area contributed by atoms with Crippen molar-refractivity contribution in [1.82, 2.24) is 39.7 Å². The lowest BCUT2D eigenvalue weighted by Gasteiger charge is -2.32. The van der Waals surface area contributed by atoms with Crippen LogP contribution in [0.5, 0.6) is 0 Å². The highest BCUT2D eigenvalue weighted by atomic mass is 35.5. The van der Waals surface area contributed by atoms with Gasteiger partial charge in [-0.15, -0.1) is 5.10 Å². The number of carbonyl (C=O) groups is 1. The van der Waals surface area contributed by atoms with E-state index in [0.29, 0.717) is 46.5 Å². The van der Waals surface area contributed by atoms with Gasteiger partial charge < -0.3 is 14.7 Å². The molecule has 2 N–H and O–H groups in total. The topological polar surface area (TPSA) is 148 Å². The van der Waals surface area contributed by atoms with E-state index in [1.54, 1.807) is 41.1 Å². The van der Waals surface area contributed by atoms with E-state index < -0.39 is 11.6 Å². The molecule has 1 aliphatic rings. The van der Waals surface area contributed by atoms with Gasteiger partial charge in [-0.05, 0) is 86.0 Å². The molecular weight excluding hydrogens is 546 g/mol. The number of rotatable bonds is 5. The Morgan fingerprint density at radius 3 is 2.63 bits per heavy atom. The Kier molecular flexibility index (Phi) is 6.41. The second-order valence-corrected chi connectivity index (χ2v) is 11.2. The molecule has 1 unspecified atom stereocenters. The largest absolute Gasteiger partial charge is 0.465 e. The van der Waals surface area contributed by atoms with E-state index >= 15 is 0 Å². The number of aromatic amines is 1. The summed E-state index contributed by atoms with van der Waals surface area (Å²) in [6.07, 6.45) is 5.05. The molecule has 1 amide bonds. The number of hydrogen-bond donors (Lipinski definition) is 2. The first kappa shape index (κ1) is 26.4. The Bertz CT molecular complexity index is 1810. The van der Waals surface area contributed by atoms with Gasteiger partial charge >= 0.3 is 6.09 Å².